The Labute approximate surface area is 194 Å². The molecule has 0 unspecified atom stereocenters. The fourth-order valence-electron chi connectivity index (χ4n) is 4.81. The number of para-hydroxylation sites is 1. The number of carbonyl (C=O) groups excluding carboxylic acids is 2. The first kappa shape index (κ1) is 21.0. The van der Waals surface area contributed by atoms with E-state index in [2.05, 4.69) is 12.1 Å². The summed E-state index contributed by atoms with van der Waals surface area (Å²) in [6.07, 6.45) is 0.846. The molecule has 0 aromatic heterocycles. The molecule has 2 amide bonds. The number of nitrogens with zero attached hydrogens (tertiary/aromatic N) is 3. The summed E-state index contributed by atoms with van der Waals surface area (Å²) < 4.78 is 0. The molecule has 0 saturated carbocycles. The molecule has 2 aliphatic heterocycles. The van der Waals surface area contributed by atoms with Gasteiger partial charge in [-0.2, -0.15) is 0 Å². The van der Waals surface area contributed by atoms with Crippen LogP contribution in [0.1, 0.15) is 22.3 Å². The van der Waals surface area contributed by atoms with Crippen LogP contribution >= 0.6 is 0 Å². The maximum absolute atomic E-state index is 13.9. The fraction of sp³-hybridized carbons (Fsp3) is 0.214. The van der Waals surface area contributed by atoms with Crippen molar-refractivity contribution >= 4 is 34.4 Å². The van der Waals surface area contributed by atoms with Crippen molar-refractivity contribution in [1.82, 2.24) is 0 Å². The number of carbonyl (C=O) groups is 2. The Balaban J connectivity index is 1.67. The van der Waals surface area contributed by atoms with Crippen LogP contribution in [-0.4, -0.2) is 32.5 Å². The fourth-order valence-corrected chi connectivity index (χ4v) is 4.81. The number of imide groups is 1. The number of hydrogen-bond donors (Lipinski definition) is 0. The molecule has 0 spiro atoms. The van der Waals surface area contributed by atoms with E-state index in [0.29, 0.717) is 23.5 Å². The Kier molecular flexibility index (Phi) is 5.05. The van der Waals surface area contributed by atoms with Gasteiger partial charge in [0.2, 0.25) is 0 Å². The average molecular weight is 438 g/mol. The first-order valence-corrected chi connectivity index (χ1v) is 11.2. The van der Waals surface area contributed by atoms with E-state index in [9.17, 15) is 9.59 Å². The highest BCUT2D eigenvalue weighted by Crippen LogP contribution is 2.41. The quantitative estimate of drug-likeness (QED) is 0.554. The Morgan fingerprint density at radius 2 is 1.58 bits per heavy atom. The monoisotopic (exact) mass is 437 g/mol. The highest BCUT2D eigenvalue weighted by atomic mass is 16.2. The predicted octanol–water partition coefficient (Wildman–Crippen LogP) is 4.72. The summed E-state index contributed by atoms with van der Waals surface area (Å²) in [5, 5.41) is 0. The number of benzene rings is 3. The lowest BCUT2D eigenvalue weighted by Crippen LogP contribution is -2.34. The Hall–Kier alpha value is -3.86. The SMILES string of the molecule is Cc1ccc(C2=C(N3CCc4ccccc43)C(=O)N(c3ccc(N(C)C)cc3)C2=O)c(C)c1. The number of hydrogen-bond acceptors (Lipinski definition) is 4. The molecule has 5 rings (SSSR count). The molecule has 2 heterocycles. The molecule has 5 nitrogen and oxygen atoms in total. The maximum Gasteiger partial charge on any atom is 0.282 e. The van der Waals surface area contributed by atoms with Crippen LogP contribution < -0.4 is 14.7 Å². The third-order valence-electron chi connectivity index (χ3n) is 6.49. The smallest absolute Gasteiger partial charge is 0.282 e. The van der Waals surface area contributed by atoms with E-state index in [0.717, 1.165) is 34.5 Å². The zero-order valence-electron chi connectivity index (χ0n) is 19.4. The number of fused-ring (bicyclic) bond motifs is 1. The van der Waals surface area contributed by atoms with Crippen LogP contribution in [0.3, 0.4) is 0 Å². The summed E-state index contributed by atoms with van der Waals surface area (Å²) in [7, 11) is 3.92. The van der Waals surface area contributed by atoms with Crippen molar-refractivity contribution in [2.75, 3.05) is 35.3 Å². The molecular weight excluding hydrogens is 410 g/mol. The maximum atomic E-state index is 13.9. The van der Waals surface area contributed by atoms with E-state index in [4.69, 9.17) is 0 Å². The summed E-state index contributed by atoms with van der Waals surface area (Å²) in [6.45, 7) is 4.70. The van der Waals surface area contributed by atoms with Gasteiger partial charge < -0.3 is 9.80 Å². The zero-order chi connectivity index (χ0) is 23.3. The second-order valence-corrected chi connectivity index (χ2v) is 8.93. The van der Waals surface area contributed by atoms with Crippen LogP contribution in [0.4, 0.5) is 17.1 Å². The molecule has 0 saturated heterocycles. The van der Waals surface area contributed by atoms with E-state index in [-0.39, 0.29) is 11.8 Å². The topological polar surface area (TPSA) is 43.9 Å². The van der Waals surface area contributed by atoms with Crippen molar-refractivity contribution in [3.63, 3.8) is 0 Å². The lowest BCUT2D eigenvalue weighted by molar-refractivity contribution is -0.120. The van der Waals surface area contributed by atoms with Gasteiger partial charge in [0.15, 0.2) is 0 Å². The average Bonchev–Trinajstić information content (AvgIpc) is 3.32. The van der Waals surface area contributed by atoms with E-state index < -0.39 is 0 Å². The molecule has 5 heteroatoms. The van der Waals surface area contributed by atoms with Crippen molar-refractivity contribution in [2.24, 2.45) is 0 Å². The van der Waals surface area contributed by atoms with Crippen LogP contribution in [0.25, 0.3) is 5.57 Å². The molecule has 0 N–H and O–H groups in total. The Bertz CT molecular complexity index is 1300. The Morgan fingerprint density at radius 1 is 0.848 bits per heavy atom. The molecule has 2 aliphatic rings. The van der Waals surface area contributed by atoms with Crippen molar-refractivity contribution in [2.45, 2.75) is 20.3 Å². The number of anilines is 3. The van der Waals surface area contributed by atoms with Gasteiger partial charge in [-0.1, -0.05) is 42.0 Å². The number of rotatable bonds is 4. The van der Waals surface area contributed by atoms with Crippen molar-refractivity contribution < 1.29 is 9.59 Å². The summed E-state index contributed by atoms with van der Waals surface area (Å²) in [6, 6.07) is 21.7. The van der Waals surface area contributed by atoms with Crippen molar-refractivity contribution in [1.29, 1.82) is 0 Å². The molecule has 0 bridgehead atoms. The lowest BCUT2D eigenvalue weighted by Gasteiger charge is -2.22. The summed E-state index contributed by atoms with van der Waals surface area (Å²) in [4.78, 5) is 33.1. The van der Waals surface area contributed by atoms with E-state index >= 15 is 0 Å². The van der Waals surface area contributed by atoms with Gasteiger partial charge in [-0.3, -0.25) is 9.59 Å². The molecule has 0 radical (unpaired) electrons. The van der Waals surface area contributed by atoms with Gasteiger partial charge in [0.1, 0.15) is 5.70 Å². The molecule has 0 fully saturated rings. The second kappa shape index (κ2) is 7.93. The van der Waals surface area contributed by atoms with E-state index in [1.807, 2.05) is 92.3 Å². The van der Waals surface area contributed by atoms with E-state index in [1.165, 1.54) is 10.5 Å². The predicted molar refractivity (Wildman–Crippen MR) is 134 cm³/mol. The van der Waals surface area contributed by atoms with Crippen LogP contribution in [0.15, 0.2) is 72.4 Å². The normalized spacial score (nSPS) is 15.5. The molecule has 3 aromatic carbocycles. The molecule has 0 atom stereocenters. The molecule has 0 aliphatic carbocycles. The molecular formula is C28H27N3O2. The van der Waals surface area contributed by atoms with Gasteiger partial charge in [-0.05, 0) is 67.3 Å². The number of amides is 2. The molecule has 3 aromatic rings. The van der Waals surface area contributed by atoms with Crippen molar-refractivity contribution in [3.05, 3.63) is 94.7 Å². The second-order valence-electron chi connectivity index (χ2n) is 8.93. The summed E-state index contributed by atoms with van der Waals surface area (Å²) in [5.41, 5.74) is 7.65. The van der Waals surface area contributed by atoms with Crippen LogP contribution in [-0.2, 0) is 16.0 Å². The lowest BCUT2D eigenvalue weighted by atomic mass is 9.97. The van der Waals surface area contributed by atoms with Crippen LogP contribution in [0.5, 0.6) is 0 Å². The van der Waals surface area contributed by atoms with Gasteiger partial charge >= 0.3 is 0 Å². The highest BCUT2D eigenvalue weighted by Gasteiger charge is 2.44. The third kappa shape index (κ3) is 3.41. The molecule has 33 heavy (non-hydrogen) atoms. The molecule has 166 valence electrons. The third-order valence-corrected chi connectivity index (χ3v) is 6.49. The zero-order valence-corrected chi connectivity index (χ0v) is 19.4. The van der Waals surface area contributed by atoms with Gasteiger partial charge in [-0.25, -0.2) is 4.90 Å². The first-order chi connectivity index (χ1) is 15.9. The van der Waals surface area contributed by atoms with Gasteiger partial charge in [0.25, 0.3) is 11.8 Å². The van der Waals surface area contributed by atoms with Gasteiger partial charge in [0, 0.05) is 32.0 Å². The highest BCUT2D eigenvalue weighted by molar-refractivity contribution is 6.46. The minimum atomic E-state index is -0.274. The minimum Gasteiger partial charge on any atom is -0.378 e. The standard InChI is InChI=1S/C28H27N3O2/c1-18-9-14-23(19(2)17-18)25-26(30-16-15-20-7-5-6-8-24(20)30)28(33)31(27(25)32)22-12-10-21(11-13-22)29(3)4/h5-14,17H,15-16H2,1-4H3. The van der Waals surface area contributed by atoms with Crippen LogP contribution in [0, 0.1) is 13.8 Å². The van der Waals surface area contributed by atoms with Crippen LogP contribution in [0.2, 0.25) is 0 Å². The summed E-state index contributed by atoms with van der Waals surface area (Å²) in [5.74, 6) is -0.548. The Morgan fingerprint density at radius 3 is 2.27 bits per heavy atom. The van der Waals surface area contributed by atoms with E-state index in [1.54, 1.807) is 0 Å². The first-order valence-electron chi connectivity index (χ1n) is 11.2. The van der Waals surface area contributed by atoms with Crippen molar-refractivity contribution in [3.8, 4) is 0 Å². The largest absolute Gasteiger partial charge is 0.378 e. The number of aryl methyl sites for hydroxylation is 2. The van der Waals surface area contributed by atoms with Gasteiger partial charge in [-0.15, -0.1) is 0 Å². The summed E-state index contributed by atoms with van der Waals surface area (Å²) >= 11 is 0. The van der Waals surface area contributed by atoms with Gasteiger partial charge in [0.05, 0.1) is 11.3 Å². The minimum absolute atomic E-state index is 0.274.